The van der Waals surface area contributed by atoms with Crippen LogP contribution in [0.1, 0.15) is 29.6 Å². The lowest BCUT2D eigenvalue weighted by Gasteiger charge is -2.06. The molecule has 1 saturated carbocycles. The zero-order chi connectivity index (χ0) is 18.4. The second-order valence-electron chi connectivity index (χ2n) is 6.58. The van der Waals surface area contributed by atoms with Gasteiger partial charge in [0.25, 0.3) is 0 Å². The molecule has 0 amide bonds. The van der Waals surface area contributed by atoms with E-state index in [4.69, 9.17) is 23.8 Å². The number of hydrogen-bond donors (Lipinski definition) is 1. The van der Waals surface area contributed by atoms with Crippen molar-refractivity contribution in [3.8, 4) is 16.9 Å². The highest BCUT2D eigenvalue weighted by atomic mass is 79.9. The van der Waals surface area contributed by atoms with Gasteiger partial charge in [-0.15, -0.1) is 0 Å². The summed E-state index contributed by atoms with van der Waals surface area (Å²) in [7, 11) is 1.87. The van der Waals surface area contributed by atoms with Crippen LogP contribution in [-0.2, 0) is 7.05 Å². The van der Waals surface area contributed by atoms with Gasteiger partial charge in [0, 0.05) is 30.8 Å². The van der Waals surface area contributed by atoms with Crippen molar-refractivity contribution in [1.82, 2.24) is 19.6 Å². The third-order valence-corrected chi connectivity index (χ3v) is 6.19. The summed E-state index contributed by atoms with van der Waals surface area (Å²) in [4.78, 5) is 12.5. The lowest BCUT2D eigenvalue weighted by atomic mass is 10.0. The zero-order valence-electron chi connectivity index (χ0n) is 14.0. The minimum absolute atomic E-state index is 0.113. The Morgan fingerprint density at radius 3 is 2.85 bits per heavy atom. The maximum atomic E-state index is 12.5. The molecule has 1 aliphatic carbocycles. The van der Waals surface area contributed by atoms with E-state index in [9.17, 15) is 4.79 Å². The van der Waals surface area contributed by atoms with Crippen LogP contribution in [0.5, 0.6) is 0 Å². The molecule has 4 rings (SSSR count). The molecular weight excluding hydrogens is 436 g/mol. The fourth-order valence-corrected chi connectivity index (χ4v) is 3.95. The SMILES string of the molecule is Cn1[nH]c(=S)c(Br)c1-n1cc(-c2ccc(Cl)c(C(=O)CC3CC3)c2)cn1. The minimum atomic E-state index is 0.113. The van der Waals surface area contributed by atoms with Crippen LogP contribution in [-0.4, -0.2) is 25.3 Å². The van der Waals surface area contributed by atoms with Crippen molar-refractivity contribution in [2.45, 2.75) is 19.3 Å². The highest BCUT2D eigenvalue weighted by Gasteiger charge is 2.26. The lowest BCUT2D eigenvalue weighted by molar-refractivity contribution is 0.0976. The van der Waals surface area contributed by atoms with E-state index >= 15 is 0 Å². The Kier molecular flexibility index (Phi) is 4.62. The number of ketones is 1. The van der Waals surface area contributed by atoms with Gasteiger partial charge in [-0.3, -0.25) is 14.6 Å². The molecule has 0 spiro atoms. The normalized spacial score (nSPS) is 14.0. The molecule has 0 atom stereocenters. The molecule has 0 aliphatic heterocycles. The van der Waals surface area contributed by atoms with Crippen molar-refractivity contribution < 1.29 is 4.79 Å². The quantitative estimate of drug-likeness (QED) is 0.421. The number of H-pyrrole nitrogens is 1. The number of benzene rings is 1. The molecule has 5 nitrogen and oxygen atoms in total. The molecule has 2 heterocycles. The monoisotopic (exact) mass is 450 g/mol. The summed E-state index contributed by atoms with van der Waals surface area (Å²) in [6.45, 7) is 0. The van der Waals surface area contributed by atoms with Crippen LogP contribution in [0.2, 0.25) is 5.02 Å². The van der Waals surface area contributed by atoms with E-state index in [1.165, 1.54) is 0 Å². The van der Waals surface area contributed by atoms with Gasteiger partial charge >= 0.3 is 0 Å². The van der Waals surface area contributed by atoms with Crippen LogP contribution >= 0.6 is 39.7 Å². The van der Waals surface area contributed by atoms with Crippen LogP contribution in [0.4, 0.5) is 0 Å². The minimum Gasteiger partial charge on any atom is -0.294 e. The molecule has 1 aliphatic rings. The number of hydrogen-bond acceptors (Lipinski definition) is 3. The molecule has 0 saturated heterocycles. The van der Waals surface area contributed by atoms with Gasteiger partial charge in [0.15, 0.2) is 11.6 Å². The fourth-order valence-electron chi connectivity index (χ4n) is 2.96. The number of nitrogens with zero attached hydrogens (tertiary/aromatic N) is 3. The number of aryl methyl sites for hydroxylation is 1. The van der Waals surface area contributed by atoms with Crippen LogP contribution in [0.15, 0.2) is 35.1 Å². The number of aromatic amines is 1. The van der Waals surface area contributed by atoms with Crippen LogP contribution < -0.4 is 0 Å². The molecule has 1 fully saturated rings. The summed E-state index contributed by atoms with van der Waals surface area (Å²) in [5, 5.41) is 7.98. The fraction of sp³-hybridized carbons (Fsp3) is 0.278. The van der Waals surface area contributed by atoms with Crippen LogP contribution in [0.3, 0.4) is 0 Å². The van der Waals surface area contributed by atoms with Gasteiger partial charge < -0.3 is 0 Å². The van der Waals surface area contributed by atoms with Gasteiger partial charge in [-0.25, -0.2) is 4.68 Å². The number of carbonyl (C=O) groups excluding carboxylic acids is 1. The number of aromatic nitrogens is 4. The van der Waals surface area contributed by atoms with Gasteiger partial charge in [-0.05, 0) is 52.4 Å². The molecule has 26 heavy (non-hydrogen) atoms. The molecule has 1 N–H and O–H groups in total. The first-order chi connectivity index (χ1) is 12.4. The highest BCUT2D eigenvalue weighted by molar-refractivity contribution is 9.10. The maximum Gasteiger partial charge on any atom is 0.165 e. The average Bonchev–Trinajstić information content (AvgIpc) is 3.21. The summed E-state index contributed by atoms with van der Waals surface area (Å²) < 4.78 is 4.93. The predicted octanol–water partition coefficient (Wildman–Crippen LogP) is 5.33. The van der Waals surface area contributed by atoms with Crippen molar-refractivity contribution in [2.24, 2.45) is 13.0 Å². The first-order valence-electron chi connectivity index (χ1n) is 8.26. The standard InChI is InChI=1S/C18H16BrClN4OS/c1-23-18(16(19)17(26)22-23)24-9-12(8-21-24)11-4-5-14(20)13(7-11)15(25)6-10-2-3-10/h4-5,7-10H,2-3,6H2,1H3,(H,22,26). The predicted molar refractivity (Wildman–Crippen MR) is 108 cm³/mol. The molecule has 0 bridgehead atoms. The van der Waals surface area contributed by atoms with Gasteiger partial charge in [-0.2, -0.15) is 5.10 Å². The molecule has 2 aromatic heterocycles. The van der Waals surface area contributed by atoms with Gasteiger partial charge in [0.2, 0.25) is 0 Å². The summed E-state index contributed by atoms with van der Waals surface area (Å²) in [5.41, 5.74) is 2.40. The Morgan fingerprint density at radius 2 is 2.19 bits per heavy atom. The average molecular weight is 452 g/mol. The van der Waals surface area contributed by atoms with E-state index in [1.54, 1.807) is 21.6 Å². The number of rotatable bonds is 5. The van der Waals surface area contributed by atoms with Crippen molar-refractivity contribution >= 4 is 45.5 Å². The Balaban J connectivity index is 1.69. The lowest BCUT2D eigenvalue weighted by Crippen LogP contribution is -2.03. The number of carbonyl (C=O) groups is 1. The molecule has 0 unspecified atom stereocenters. The topological polar surface area (TPSA) is 55.6 Å². The van der Waals surface area contributed by atoms with Crippen LogP contribution in [0.25, 0.3) is 16.9 Å². The summed E-state index contributed by atoms with van der Waals surface area (Å²) in [5.74, 6) is 1.45. The summed E-state index contributed by atoms with van der Waals surface area (Å²) in [6.07, 6.45) is 6.53. The first kappa shape index (κ1) is 17.7. The zero-order valence-corrected chi connectivity index (χ0v) is 17.2. The van der Waals surface area contributed by atoms with Crippen LogP contribution in [0, 0.1) is 10.6 Å². The highest BCUT2D eigenvalue weighted by Crippen LogP contribution is 2.35. The van der Waals surface area contributed by atoms with Crippen molar-refractivity contribution in [2.75, 3.05) is 0 Å². The molecular formula is C18H16BrClN4OS. The third kappa shape index (κ3) is 3.31. The van der Waals surface area contributed by atoms with Crippen molar-refractivity contribution in [1.29, 1.82) is 0 Å². The Bertz CT molecular complexity index is 1060. The molecule has 1 aromatic carbocycles. The van der Waals surface area contributed by atoms with E-state index in [0.717, 1.165) is 34.3 Å². The Morgan fingerprint density at radius 1 is 1.42 bits per heavy atom. The van der Waals surface area contributed by atoms with Crippen molar-refractivity contribution in [3.63, 3.8) is 0 Å². The van der Waals surface area contributed by atoms with E-state index in [1.807, 2.05) is 25.4 Å². The molecule has 134 valence electrons. The van der Waals surface area contributed by atoms with E-state index in [0.29, 0.717) is 27.6 Å². The Hall–Kier alpha value is -1.70. The summed E-state index contributed by atoms with van der Waals surface area (Å²) >= 11 is 15.0. The van der Waals surface area contributed by atoms with Gasteiger partial charge in [0.05, 0.1) is 15.7 Å². The number of halogens is 2. The second-order valence-corrected chi connectivity index (χ2v) is 8.18. The first-order valence-corrected chi connectivity index (χ1v) is 9.84. The molecule has 0 radical (unpaired) electrons. The van der Waals surface area contributed by atoms with Gasteiger partial charge in [-0.1, -0.05) is 29.9 Å². The van der Waals surface area contributed by atoms with E-state index in [2.05, 4.69) is 26.1 Å². The van der Waals surface area contributed by atoms with Gasteiger partial charge in [0.1, 0.15) is 4.64 Å². The second kappa shape index (κ2) is 6.79. The Labute approximate surface area is 169 Å². The maximum absolute atomic E-state index is 12.5. The molecule has 3 aromatic rings. The van der Waals surface area contributed by atoms with E-state index in [-0.39, 0.29) is 5.78 Å². The molecule has 8 heteroatoms. The third-order valence-electron chi connectivity index (χ3n) is 4.55. The van der Waals surface area contributed by atoms with Crippen molar-refractivity contribution in [3.05, 3.63) is 50.3 Å². The number of nitrogens with one attached hydrogen (secondary N) is 1. The summed E-state index contributed by atoms with van der Waals surface area (Å²) in [6, 6.07) is 5.54. The number of Topliss-reactive ketones (excluding diaryl/α,β-unsaturated/α-hetero) is 1. The van der Waals surface area contributed by atoms with E-state index < -0.39 is 0 Å². The smallest absolute Gasteiger partial charge is 0.165 e. The largest absolute Gasteiger partial charge is 0.294 e.